The van der Waals surface area contributed by atoms with Crippen LogP contribution in [0.25, 0.3) is 0 Å². The van der Waals surface area contributed by atoms with Gasteiger partial charge >= 0.3 is 0 Å². The minimum Gasteiger partial charge on any atom is -0.326 e. The number of carbonyl (C=O) groups excluding carboxylic acids is 2. The van der Waals surface area contributed by atoms with Gasteiger partial charge in [-0.2, -0.15) is 5.10 Å². The third-order valence-electron chi connectivity index (χ3n) is 3.19. The van der Waals surface area contributed by atoms with Gasteiger partial charge in [0, 0.05) is 26.6 Å². The third-order valence-corrected chi connectivity index (χ3v) is 4.39. The predicted octanol–water partition coefficient (Wildman–Crippen LogP) is 4.31. The lowest BCUT2D eigenvalue weighted by atomic mass is 10.2. The second-order valence-electron chi connectivity index (χ2n) is 5.26. The minimum atomic E-state index is -0.210. The Morgan fingerprint density at radius 2 is 1.80 bits per heavy atom. The molecule has 0 heterocycles. The lowest BCUT2D eigenvalue weighted by Crippen LogP contribution is -2.18. The number of nitrogens with zero attached hydrogens (tertiary/aromatic N) is 1. The fourth-order valence-electron chi connectivity index (χ4n) is 1.99. The molecule has 7 heteroatoms. The van der Waals surface area contributed by atoms with Crippen molar-refractivity contribution in [1.82, 2.24) is 5.43 Å². The number of nitrogens with one attached hydrogen (secondary N) is 2. The molecule has 2 amide bonds. The van der Waals surface area contributed by atoms with Crippen LogP contribution in [0.2, 0.25) is 0 Å². The molecule has 0 aliphatic carbocycles. The number of hydrazone groups is 1. The molecule has 0 aliphatic rings. The number of anilines is 1. The van der Waals surface area contributed by atoms with Gasteiger partial charge in [0.25, 0.3) is 0 Å². The van der Waals surface area contributed by atoms with Crippen LogP contribution in [0.3, 0.4) is 0 Å². The van der Waals surface area contributed by atoms with Crippen LogP contribution in [0, 0.1) is 3.57 Å². The molecule has 0 radical (unpaired) electrons. The van der Waals surface area contributed by atoms with Crippen LogP contribution in [-0.2, 0) is 9.59 Å². The average Bonchev–Trinajstić information content (AvgIpc) is 2.57. The largest absolute Gasteiger partial charge is 0.326 e. The summed E-state index contributed by atoms with van der Waals surface area (Å²) in [6.07, 6.45) is 2.59. The summed E-state index contributed by atoms with van der Waals surface area (Å²) in [5, 5.41) is 6.71. The molecule has 0 aliphatic heterocycles. The van der Waals surface area contributed by atoms with Gasteiger partial charge in [0.05, 0.1) is 6.21 Å². The Morgan fingerprint density at radius 1 is 1.08 bits per heavy atom. The highest BCUT2D eigenvalue weighted by atomic mass is 127. The second kappa shape index (κ2) is 10.3. The summed E-state index contributed by atoms with van der Waals surface area (Å²) in [5.41, 5.74) is 4.12. The van der Waals surface area contributed by atoms with Crippen LogP contribution in [0.1, 0.15) is 24.8 Å². The summed E-state index contributed by atoms with van der Waals surface area (Å²) in [4.78, 5) is 23.5. The highest BCUT2D eigenvalue weighted by Crippen LogP contribution is 2.14. The van der Waals surface area contributed by atoms with Crippen LogP contribution < -0.4 is 10.7 Å². The van der Waals surface area contributed by atoms with Crippen LogP contribution >= 0.6 is 38.5 Å². The molecule has 130 valence electrons. The van der Waals surface area contributed by atoms with E-state index in [1.54, 1.807) is 6.21 Å². The molecule has 2 aromatic carbocycles. The van der Waals surface area contributed by atoms with E-state index in [1.807, 2.05) is 48.5 Å². The fraction of sp³-hybridized carbons (Fsp3) is 0.167. The fourth-order valence-corrected chi connectivity index (χ4v) is 2.82. The zero-order valence-electron chi connectivity index (χ0n) is 13.3. The first-order valence-corrected chi connectivity index (χ1v) is 9.53. The number of carbonyl (C=O) groups is 2. The Hall–Kier alpha value is -1.74. The van der Waals surface area contributed by atoms with Gasteiger partial charge in [0.15, 0.2) is 0 Å². The highest BCUT2D eigenvalue weighted by Gasteiger charge is 2.05. The molecular formula is C18H17BrIN3O2. The van der Waals surface area contributed by atoms with Crippen molar-refractivity contribution < 1.29 is 9.59 Å². The Bertz CT molecular complexity index is 763. The molecule has 25 heavy (non-hydrogen) atoms. The minimum absolute atomic E-state index is 0.113. The molecule has 0 spiro atoms. The van der Waals surface area contributed by atoms with Crippen LogP contribution in [0.5, 0.6) is 0 Å². The maximum absolute atomic E-state index is 11.8. The predicted molar refractivity (Wildman–Crippen MR) is 112 cm³/mol. The van der Waals surface area contributed by atoms with Crippen molar-refractivity contribution in [2.75, 3.05) is 5.32 Å². The zero-order chi connectivity index (χ0) is 18.1. The molecule has 2 aromatic rings. The number of rotatable bonds is 7. The number of hydrogen-bond acceptors (Lipinski definition) is 3. The Kier molecular flexibility index (Phi) is 8.07. The van der Waals surface area contributed by atoms with Gasteiger partial charge in [0.2, 0.25) is 11.8 Å². The van der Waals surface area contributed by atoms with E-state index < -0.39 is 0 Å². The number of amides is 2. The molecule has 2 rings (SSSR count). The van der Waals surface area contributed by atoms with E-state index in [-0.39, 0.29) is 24.7 Å². The summed E-state index contributed by atoms with van der Waals surface area (Å²) in [6, 6.07) is 15.1. The van der Waals surface area contributed by atoms with Crippen molar-refractivity contribution in [2.24, 2.45) is 5.10 Å². The van der Waals surface area contributed by atoms with Crippen LogP contribution in [0.4, 0.5) is 5.69 Å². The highest BCUT2D eigenvalue weighted by molar-refractivity contribution is 14.1. The SMILES string of the molecule is O=C(CCCC(=O)Nc1ccc(Br)cc1)N/N=C\c1cccc(I)c1. The smallest absolute Gasteiger partial charge is 0.240 e. The molecule has 0 bridgehead atoms. The first-order chi connectivity index (χ1) is 12.0. The monoisotopic (exact) mass is 513 g/mol. The molecule has 0 saturated carbocycles. The maximum Gasteiger partial charge on any atom is 0.240 e. The summed E-state index contributed by atoms with van der Waals surface area (Å²) in [5.74, 6) is -0.323. The summed E-state index contributed by atoms with van der Waals surface area (Å²) >= 11 is 5.55. The van der Waals surface area contributed by atoms with Gasteiger partial charge < -0.3 is 5.32 Å². The maximum atomic E-state index is 11.8. The van der Waals surface area contributed by atoms with Gasteiger partial charge in [0.1, 0.15) is 0 Å². The van der Waals surface area contributed by atoms with E-state index in [1.165, 1.54) is 0 Å². The molecule has 5 nitrogen and oxygen atoms in total. The van der Waals surface area contributed by atoms with Crippen molar-refractivity contribution in [3.8, 4) is 0 Å². The summed E-state index contributed by atoms with van der Waals surface area (Å²) in [6.45, 7) is 0. The van der Waals surface area contributed by atoms with Crippen molar-refractivity contribution in [3.05, 3.63) is 62.1 Å². The number of halogens is 2. The van der Waals surface area contributed by atoms with E-state index in [0.717, 1.165) is 19.3 Å². The van der Waals surface area contributed by atoms with E-state index in [9.17, 15) is 9.59 Å². The first-order valence-electron chi connectivity index (χ1n) is 7.66. The van der Waals surface area contributed by atoms with Crippen molar-refractivity contribution in [3.63, 3.8) is 0 Å². The molecule has 0 saturated heterocycles. The molecule has 0 aromatic heterocycles. The van der Waals surface area contributed by atoms with E-state index in [4.69, 9.17) is 0 Å². The van der Waals surface area contributed by atoms with E-state index >= 15 is 0 Å². The van der Waals surface area contributed by atoms with Crippen LogP contribution in [0.15, 0.2) is 58.1 Å². The van der Waals surface area contributed by atoms with Gasteiger partial charge in [-0.3, -0.25) is 9.59 Å². The quantitative estimate of drug-likeness (QED) is 0.329. The number of benzene rings is 2. The lowest BCUT2D eigenvalue weighted by Gasteiger charge is -2.05. The van der Waals surface area contributed by atoms with Gasteiger partial charge in [-0.25, -0.2) is 5.43 Å². The third kappa shape index (κ3) is 7.78. The van der Waals surface area contributed by atoms with Gasteiger partial charge in [-0.05, 0) is 71.0 Å². The van der Waals surface area contributed by atoms with Crippen molar-refractivity contribution in [2.45, 2.75) is 19.3 Å². The van der Waals surface area contributed by atoms with Crippen molar-refractivity contribution >= 4 is 62.2 Å². The van der Waals surface area contributed by atoms with E-state index in [2.05, 4.69) is 54.4 Å². The van der Waals surface area contributed by atoms with Gasteiger partial charge in [-0.15, -0.1) is 0 Å². The Balaban J connectivity index is 1.66. The topological polar surface area (TPSA) is 70.6 Å². The summed E-state index contributed by atoms with van der Waals surface area (Å²) < 4.78 is 2.05. The first kappa shape index (κ1) is 19.6. The lowest BCUT2D eigenvalue weighted by molar-refractivity contribution is -0.121. The van der Waals surface area contributed by atoms with Crippen molar-refractivity contribution in [1.29, 1.82) is 0 Å². The van der Waals surface area contributed by atoms with Crippen LogP contribution in [-0.4, -0.2) is 18.0 Å². The zero-order valence-corrected chi connectivity index (χ0v) is 17.1. The molecule has 2 N–H and O–H groups in total. The Labute approximate surface area is 168 Å². The molecule has 0 atom stereocenters. The summed E-state index contributed by atoms with van der Waals surface area (Å²) in [7, 11) is 0. The van der Waals surface area contributed by atoms with E-state index in [0.29, 0.717) is 6.42 Å². The van der Waals surface area contributed by atoms with Gasteiger partial charge in [-0.1, -0.05) is 28.1 Å². The Morgan fingerprint density at radius 3 is 2.52 bits per heavy atom. The number of hydrogen-bond donors (Lipinski definition) is 2. The molecule has 0 fully saturated rings. The normalized spacial score (nSPS) is 10.6. The second-order valence-corrected chi connectivity index (χ2v) is 7.42. The standard InChI is InChI=1S/C18H17BrIN3O2/c19-14-7-9-16(10-8-14)22-17(24)5-2-6-18(25)23-21-12-13-3-1-4-15(20)11-13/h1,3-4,7-12H,2,5-6H2,(H,22,24)(H,23,25)/b21-12-. The molecular weight excluding hydrogens is 497 g/mol. The average molecular weight is 514 g/mol. The molecule has 0 unspecified atom stereocenters.